The summed E-state index contributed by atoms with van der Waals surface area (Å²) in [6.45, 7) is 5.84. The van der Waals surface area contributed by atoms with Crippen LogP contribution in [0.5, 0.6) is 0 Å². The number of hydrogen-bond acceptors (Lipinski definition) is 4. The van der Waals surface area contributed by atoms with E-state index in [0.29, 0.717) is 34.7 Å². The van der Waals surface area contributed by atoms with Crippen LogP contribution in [0.4, 0.5) is 8.78 Å². The van der Waals surface area contributed by atoms with Crippen molar-refractivity contribution in [3.05, 3.63) is 65.7 Å². The Labute approximate surface area is 191 Å². The van der Waals surface area contributed by atoms with E-state index in [2.05, 4.69) is 29.0 Å². The largest absolute Gasteiger partial charge is 0.351 e. The Morgan fingerprint density at radius 2 is 1.88 bits per heavy atom. The molecule has 1 aromatic heterocycles. The molecule has 2 heterocycles. The summed E-state index contributed by atoms with van der Waals surface area (Å²) in [7, 11) is 0. The topological polar surface area (TPSA) is 45.2 Å². The molecule has 1 amide bonds. The Morgan fingerprint density at radius 1 is 1.12 bits per heavy atom. The average molecular weight is 456 g/mol. The second-order valence-electron chi connectivity index (χ2n) is 8.32. The fourth-order valence-electron chi connectivity index (χ4n) is 4.37. The number of carbonyl (C=O) groups excluding carboxylic acids is 1. The highest BCUT2D eigenvalue weighted by Gasteiger charge is 2.24. The van der Waals surface area contributed by atoms with Gasteiger partial charge in [-0.05, 0) is 51.0 Å². The molecule has 0 unspecified atom stereocenters. The number of piperidine rings is 1. The first-order valence-electron chi connectivity index (χ1n) is 11.0. The molecule has 0 saturated carbocycles. The van der Waals surface area contributed by atoms with Crippen LogP contribution in [0.2, 0.25) is 0 Å². The van der Waals surface area contributed by atoms with E-state index in [1.807, 2.05) is 24.3 Å². The molecule has 0 radical (unpaired) electrons. The molecule has 7 heteroatoms. The number of rotatable bonds is 6. The lowest BCUT2D eigenvalue weighted by Gasteiger charge is -2.39. The van der Waals surface area contributed by atoms with Crippen LogP contribution < -0.4 is 5.32 Å². The summed E-state index contributed by atoms with van der Waals surface area (Å²) in [6.07, 6.45) is 3.63. The van der Waals surface area contributed by atoms with Crippen molar-refractivity contribution in [1.82, 2.24) is 15.2 Å². The highest BCUT2D eigenvalue weighted by atomic mass is 32.2. The normalized spacial score (nSPS) is 19.2. The number of halogens is 2. The molecular weight excluding hydrogens is 428 g/mol. The molecule has 0 spiro atoms. The van der Waals surface area contributed by atoms with E-state index in [4.69, 9.17) is 0 Å². The number of nitrogens with one attached hydrogen (secondary N) is 1. The number of hydrogen-bond donors (Lipinski definition) is 1. The molecule has 2 aromatic carbocycles. The molecule has 4 nitrogen and oxygen atoms in total. The van der Waals surface area contributed by atoms with Gasteiger partial charge in [-0.25, -0.2) is 13.8 Å². The van der Waals surface area contributed by atoms with Gasteiger partial charge in [-0.2, -0.15) is 0 Å². The molecule has 2 atom stereocenters. The predicted molar refractivity (Wildman–Crippen MR) is 124 cm³/mol. The van der Waals surface area contributed by atoms with E-state index in [9.17, 15) is 13.6 Å². The quantitative estimate of drug-likeness (QED) is 0.521. The van der Waals surface area contributed by atoms with Crippen LogP contribution in [0, 0.1) is 11.6 Å². The van der Waals surface area contributed by atoms with Crippen LogP contribution in [0.15, 0.2) is 58.5 Å². The van der Waals surface area contributed by atoms with Crippen LogP contribution in [0.25, 0.3) is 10.9 Å². The second kappa shape index (κ2) is 9.96. The summed E-state index contributed by atoms with van der Waals surface area (Å²) in [5.74, 6) is -1.46. The maximum absolute atomic E-state index is 14.1. The van der Waals surface area contributed by atoms with Crippen molar-refractivity contribution >= 4 is 28.6 Å². The third-order valence-electron chi connectivity index (χ3n) is 6.08. The zero-order valence-corrected chi connectivity index (χ0v) is 19.1. The van der Waals surface area contributed by atoms with Crippen LogP contribution in [0.3, 0.4) is 0 Å². The van der Waals surface area contributed by atoms with Crippen LogP contribution in [-0.4, -0.2) is 41.0 Å². The van der Waals surface area contributed by atoms with E-state index in [1.54, 1.807) is 6.07 Å². The Balaban J connectivity index is 1.53. The number of pyridine rings is 1. The fraction of sp³-hybridized carbons (Fsp3) is 0.360. The number of aromatic nitrogens is 1. The average Bonchev–Trinajstić information content (AvgIpc) is 2.77. The number of likely N-dealkylation sites (tertiary alicyclic amines) is 1. The zero-order chi connectivity index (χ0) is 22.7. The zero-order valence-electron chi connectivity index (χ0n) is 18.3. The first-order chi connectivity index (χ1) is 15.4. The van der Waals surface area contributed by atoms with Gasteiger partial charge in [-0.15, -0.1) is 0 Å². The van der Waals surface area contributed by atoms with Crippen molar-refractivity contribution in [2.45, 2.75) is 55.1 Å². The van der Waals surface area contributed by atoms with Gasteiger partial charge in [0.1, 0.15) is 16.7 Å². The molecule has 1 saturated heterocycles. The highest BCUT2D eigenvalue weighted by Crippen LogP contribution is 2.31. The van der Waals surface area contributed by atoms with Gasteiger partial charge < -0.3 is 5.32 Å². The summed E-state index contributed by atoms with van der Waals surface area (Å²) >= 11 is 1.08. The minimum atomic E-state index is -0.652. The second-order valence-corrected chi connectivity index (χ2v) is 9.39. The Hall–Kier alpha value is -2.51. The molecule has 32 heavy (non-hydrogen) atoms. The summed E-state index contributed by atoms with van der Waals surface area (Å²) in [6, 6.07) is 13.6. The summed E-state index contributed by atoms with van der Waals surface area (Å²) in [5, 5.41) is 4.28. The van der Waals surface area contributed by atoms with Gasteiger partial charge in [0.25, 0.3) is 5.91 Å². The molecule has 0 aliphatic carbocycles. The van der Waals surface area contributed by atoms with Gasteiger partial charge in [-0.3, -0.25) is 9.69 Å². The van der Waals surface area contributed by atoms with E-state index in [-0.39, 0.29) is 10.8 Å². The smallest absolute Gasteiger partial charge is 0.252 e. The fourth-order valence-corrected chi connectivity index (χ4v) is 5.21. The molecule has 1 N–H and O–H groups in total. The van der Waals surface area contributed by atoms with Gasteiger partial charge >= 0.3 is 0 Å². The standard InChI is InChI=1S/C25H27F2N3OS/c1-16-6-5-7-17(2)30(16)13-12-28-25(31)20-15-24(29-22-9-4-3-8-19(20)22)32-23-11-10-18(26)14-21(23)27/h3-4,8-11,14-17H,5-7,12-13H2,1-2H3,(H,28,31)/t16-,17-/m0/s1. The molecule has 1 aliphatic heterocycles. The van der Waals surface area contributed by atoms with Crippen molar-refractivity contribution in [3.63, 3.8) is 0 Å². The van der Waals surface area contributed by atoms with Crippen LogP contribution in [0.1, 0.15) is 43.5 Å². The Kier molecular flexibility index (Phi) is 7.06. The van der Waals surface area contributed by atoms with E-state index < -0.39 is 11.6 Å². The summed E-state index contributed by atoms with van der Waals surface area (Å²) in [5.41, 5.74) is 1.16. The molecule has 3 aromatic rings. The lowest BCUT2D eigenvalue weighted by atomic mass is 9.98. The lowest BCUT2D eigenvalue weighted by Crippen LogP contribution is -2.47. The van der Waals surface area contributed by atoms with Crippen molar-refractivity contribution in [2.24, 2.45) is 0 Å². The third-order valence-corrected chi connectivity index (χ3v) is 7.05. The number of amides is 1. The molecule has 168 valence electrons. The van der Waals surface area contributed by atoms with Crippen LogP contribution >= 0.6 is 11.8 Å². The minimum Gasteiger partial charge on any atom is -0.351 e. The van der Waals surface area contributed by atoms with Crippen molar-refractivity contribution in [3.8, 4) is 0 Å². The first-order valence-corrected chi connectivity index (χ1v) is 11.8. The minimum absolute atomic E-state index is 0.178. The van der Waals surface area contributed by atoms with E-state index in [0.717, 1.165) is 29.8 Å². The molecule has 1 fully saturated rings. The van der Waals surface area contributed by atoms with Gasteiger partial charge in [0.2, 0.25) is 0 Å². The Bertz CT molecular complexity index is 1110. The lowest BCUT2D eigenvalue weighted by molar-refractivity contribution is 0.0890. The molecular formula is C25H27F2N3OS. The maximum Gasteiger partial charge on any atom is 0.252 e. The van der Waals surface area contributed by atoms with E-state index >= 15 is 0 Å². The number of nitrogens with zero attached hydrogens (tertiary/aromatic N) is 2. The van der Waals surface area contributed by atoms with Gasteiger partial charge in [0.05, 0.1) is 11.1 Å². The summed E-state index contributed by atoms with van der Waals surface area (Å²) < 4.78 is 27.4. The van der Waals surface area contributed by atoms with Gasteiger partial charge in [0.15, 0.2) is 0 Å². The third kappa shape index (κ3) is 5.10. The molecule has 0 bridgehead atoms. The van der Waals surface area contributed by atoms with Gasteiger partial charge in [-0.1, -0.05) is 36.4 Å². The Morgan fingerprint density at radius 3 is 2.62 bits per heavy atom. The SMILES string of the molecule is C[C@H]1CCC[C@H](C)N1CCNC(=O)c1cc(Sc2ccc(F)cc2F)nc2ccccc12. The number of carbonyl (C=O) groups is 1. The number of benzene rings is 2. The number of fused-ring (bicyclic) bond motifs is 1. The summed E-state index contributed by atoms with van der Waals surface area (Å²) in [4.78, 5) is 20.4. The van der Waals surface area contributed by atoms with Crippen molar-refractivity contribution in [2.75, 3.05) is 13.1 Å². The van der Waals surface area contributed by atoms with Crippen LogP contribution in [-0.2, 0) is 0 Å². The van der Waals surface area contributed by atoms with Crippen molar-refractivity contribution in [1.29, 1.82) is 0 Å². The van der Waals surface area contributed by atoms with Crippen molar-refractivity contribution < 1.29 is 13.6 Å². The first kappa shape index (κ1) is 22.7. The highest BCUT2D eigenvalue weighted by molar-refractivity contribution is 7.99. The van der Waals surface area contributed by atoms with Gasteiger partial charge in [0, 0.05) is 41.5 Å². The molecule has 1 aliphatic rings. The van der Waals surface area contributed by atoms with E-state index in [1.165, 1.54) is 31.4 Å². The molecule has 4 rings (SSSR count). The monoisotopic (exact) mass is 455 g/mol. The predicted octanol–water partition coefficient (Wildman–Crippen LogP) is 5.66. The maximum atomic E-state index is 14.1. The number of para-hydroxylation sites is 1.